The lowest BCUT2D eigenvalue weighted by atomic mass is 9.91. The number of methoxy groups -OCH3 is 1. The van der Waals surface area contributed by atoms with Gasteiger partial charge in [0.1, 0.15) is 23.7 Å². The minimum absolute atomic E-state index is 0.0771. The molecule has 2 aliphatic rings. The summed E-state index contributed by atoms with van der Waals surface area (Å²) >= 11 is 0. The van der Waals surface area contributed by atoms with Crippen LogP contribution in [0.25, 0.3) is 0 Å². The van der Waals surface area contributed by atoms with Gasteiger partial charge in [0.05, 0.1) is 39.6 Å². The summed E-state index contributed by atoms with van der Waals surface area (Å²) in [6.45, 7) is 0.694. The van der Waals surface area contributed by atoms with E-state index in [2.05, 4.69) is 10.1 Å². The number of nitrogens with zero attached hydrogens (tertiary/aromatic N) is 1. The Labute approximate surface area is 149 Å². The Hall–Kier alpha value is -2.10. The smallest absolute Gasteiger partial charge is 0.325 e. The van der Waals surface area contributed by atoms with Gasteiger partial charge in [0.25, 0.3) is 0 Å². The molecule has 7 nitrogen and oxygen atoms in total. The maximum atomic E-state index is 13.6. The third kappa shape index (κ3) is 3.69. The standard InChI is InChI=1S/C17H20F2N2O5/c1-24-15(22)8-21-14(11-4-12(18)6-13(19)5-11)7-20-17(16(21)23)9-25-2-3-26-10-17/h4-6,14,20H,2-3,7-10H2,1H3/t14-/m0/s1. The number of carbonyl (C=O) groups excluding carboxylic acids is 2. The van der Waals surface area contributed by atoms with Gasteiger partial charge in [0.15, 0.2) is 0 Å². The second-order valence-electron chi connectivity index (χ2n) is 6.30. The van der Waals surface area contributed by atoms with Gasteiger partial charge >= 0.3 is 5.97 Å². The first-order chi connectivity index (χ1) is 12.4. The van der Waals surface area contributed by atoms with E-state index in [0.29, 0.717) is 13.2 Å². The number of halogens is 2. The summed E-state index contributed by atoms with van der Waals surface area (Å²) in [6.07, 6.45) is 0. The zero-order valence-corrected chi connectivity index (χ0v) is 14.3. The van der Waals surface area contributed by atoms with Gasteiger partial charge in [-0.2, -0.15) is 0 Å². The fourth-order valence-electron chi connectivity index (χ4n) is 3.22. The second-order valence-corrected chi connectivity index (χ2v) is 6.30. The first-order valence-electron chi connectivity index (χ1n) is 8.19. The Balaban J connectivity index is 1.94. The van der Waals surface area contributed by atoms with Crippen LogP contribution in [0, 0.1) is 11.6 Å². The molecule has 9 heteroatoms. The van der Waals surface area contributed by atoms with Crippen molar-refractivity contribution in [1.82, 2.24) is 10.2 Å². The van der Waals surface area contributed by atoms with Gasteiger partial charge in [0, 0.05) is 12.6 Å². The van der Waals surface area contributed by atoms with Crippen molar-refractivity contribution in [3.8, 4) is 0 Å². The largest absolute Gasteiger partial charge is 0.468 e. The molecule has 2 saturated heterocycles. The van der Waals surface area contributed by atoms with Crippen LogP contribution in [0.2, 0.25) is 0 Å². The number of amides is 1. The van der Waals surface area contributed by atoms with Crippen LogP contribution in [0.1, 0.15) is 11.6 Å². The summed E-state index contributed by atoms with van der Waals surface area (Å²) in [7, 11) is 1.21. The predicted octanol–water partition coefficient (Wildman–Crippen LogP) is 0.396. The highest BCUT2D eigenvalue weighted by Gasteiger charge is 2.49. The molecular weight excluding hydrogens is 350 g/mol. The van der Waals surface area contributed by atoms with Crippen molar-refractivity contribution in [2.45, 2.75) is 11.6 Å². The summed E-state index contributed by atoms with van der Waals surface area (Å²) in [5, 5.41) is 3.09. The highest BCUT2D eigenvalue weighted by atomic mass is 19.1. The molecular formula is C17H20F2N2O5. The number of hydrogen-bond acceptors (Lipinski definition) is 6. The van der Waals surface area contributed by atoms with Gasteiger partial charge < -0.3 is 19.1 Å². The fourth-order valence-corrected chi connectivity index (χ4v) is 3.22. The molecule has 1 aromatic carbocycles. The zero-order chi connectivity index (χ0) is 18.7. The van der Waals surface area contributed by atoms with E-state index < -0.39 is 35.1 Å². The van der Waals surface area contributed by atoms with Crippen LogP contribution in [0.4, 0.5) is 8.78 Å². The van der Waals surface area contributed by atoms with E-state index in [4.69, 9.17) is 9.47 Å². The average Bonchev–Trinajstić information content (AvgIpc) is 2.84. The van der Waals surface area contributed by atoms with Crippen LogP contribution in [-0.4, -0.2) is 68.9 Å². The molecule has 2 fully saturated rings. The van der Waals surface area contributed by atoms with Crippen molar-refractivity contribution in [3.05, 3.63) is 35.4 Å². The Morgan fingerprint density at radius 3 is 2.46 bits per heavy atom. The number of benzene rings is 1. The quantitative estimate of drug-likeness (QED) is 0.776. The molecule has 0 bridgehead atoms. The molecule has 1 atom stereocenters. The summed E-state index contributed by atoms with van der Waals surface area (Å²) in [6, 6.07) is 2.30. The summed E-state index contributed by atoms with van der Waals surface area (Å²) in [4.78, 5) is 26.3. The molecule has 142 valence electrons. The summed E-state index contributed by atoms with van der Waals surface area (Å²) in [5.41, 5.74) is -0.898. The Bertz CT molecular complexity index is 671. The Kier molecular flexibility index (Phi) is 5.49. The number of nitrogens with one attached hydrogen (secondary N) is 1. The number of rotatable bonds is 3. The van der Waals surface area contributed by atoms with E-state index in [9.17, 15) is 18.4 Å². The number of hydrogen-bond donors (Lipinski definition) is 1. The molecule has 0 unspecified atom stereocenters. The lowest BCUT2D eigenvalue weighted by molar-refractivity contribution is -0.157. The zero-order valence-electron chi connectivity index (χ0n) is 14.3. The lowest BCUT2D eigenvalue weighted by Gasteiger charge is -2.45. The van der Waals surface area contributed by atoms with E-state index >= 15 is 0 Å². The normalized spacial score (nSPS) is 23.0. The van der Waals surface area contributed by atoms with Gasteiger partial charge in [-0.3, -0.25) is 14.9 Å². The number of piperazine rings is 1. The van der Waals surface area contributed by atoms with Gasteiger partial charge in [0.2, 0.25) is 5.91 Å². The van der Waals surface area contributed by atoms with E-state index in [1.807, 2.05) is 0 Å². The highest BCUT2D eigenvalue weighted by Crippen LogP contribution is 2.30. The van der Waals surface area contributed by atoms with Gasteiger partial charge in [-0.25, -0.2) is 8.78 Å². The van der Waals surface area contributed by atoms with Crippen molar-refractivity contribution < 1.29 is 32.6 Å². The van der Waals surface area contributed by atoms with Crippen molar-refractivity contribution in [2.24, 2.45) is 0 Å². The third-order valence-corrected chi connectivity index (χ3v) is 4.55. The fraction of sp³-hybridized carbons (Fsp3) is 0.529. The molecule has 3 rings (SSSR count). The molecule has 26 heavy (non-hydrogen) atoms. The second kappa shape index (κ2) is 7.65. The first kappa shape index (κ1) is 18.7. The van der Waals surface area contributed by atoms with Gasteiger partial charge in [-0.1, -0.05) is 0 Å². The molecule has 1 N–H and O–H groups in total. The molecule has 0 aliphatic carbocycles. The van der Waals surface area contributed by atoms with E-state index in [-0.39, 0.29) is 31.9 Å². The van der Waals surface area contributed by atoms with Gasteiger partial charge in [-0.05, 0) is 17.7 Å². The lowest BCUT2D eigenvalue weighted by Crippen LogP contribution is -2.69. The van der Waals surface area contributed by atoms with Crippen LogP contribution in [0.15, 0.2) is 18.2 Å². The van der Waals surface area contributed by atoms with E-state index in [1.165, 1.54) is 12.0 Å². The minimum atomic E-state index is -1.15. The van der Waals surface area contributed by atoms with Crippen molar-refractivity contribution in [1.29, 1.82) is 0 Å². The molecule has 1 spiro atoms. The van der Waals surface area contributed by atoms with Crippen molar-refractivity contribution in [3.63, 3.8) is 0 Å². The summed E-state index contributed by atoms with van der Waals surface area (Å²) in [5.74, 6) is -2.59. The van der Waals surface area contributed by atoms with Crippen LogP contribution in [-0.2, 0) is 23.8 Å². The van der Waals surface area contributed by atoms with Crippen LogP contribution in [0.5, 0.6) is 0 Å². The van der Waals surface area contributed by atoms with Gasteiger partial charge in [-0.15, -0.1) is 0 Å². The monoisotopic (exact) mass is 370 g/mol. The maximum absolute atomic E-state index is 13.6. The molecule has 2 aliphatic heterocycles. The predicted molar refractivity (Wildman–Crippen MR) is 85.2 cm³/mol. The van der Waals surface area contributed by atoms with Crippen molar-refractivity contribution >= 4 is 11.9 Å². The molecule has 0 radical (unpaired) electrons. The third-order valence-electron chi connectivity index (χ3n) is 4.55. The molecule has 0 saturated carbocycles. The van der Waals surface area contributed by atoms with Crippen LogP contribution < -0.4 is 5.32 Å². The van der Waals surface area contributed by atoms with Crippen LogP contribution in [0.3, 0.4) is 0 Å². The SMILES string of the molecule is COC(=O)CN1C(=O)C2(COCCOC2)NC[C@H]1c1cc(F)cc(F)c1. The van der Waals surface area contributed by atoms with E-state index in [0.717, 1.165) is 18.2 Å². The highest BCUT2D eigenvalue weighted by molar-refractivity contribution is 5.91. The topological polar surface area (TPSA) is 77.1 Å². The van der Waals surface area contributed by atoms with Crippen LogP contribution >= 0.6 is 0 Å². The molecule has 1 aromatic rings. The van der Waals surface area contributed by atoms with Crippen molar-refractivity contribution in [2.75, 3.05) is 46.6 Å². The van der Waals surface area contributed by atoms with E-state index in [1.54, 1.807) is 0 Å². The number of ether oxygens (including phenoxy) is 3. The number of esters is 1. The maximum Gasteiger partial charge on any atom is 0.325 e. The Morgan fingerprint density at radius 1 is 1.27 bits per heavy atom. The number of carbonyl (C=O) groups is 2. The molecule has 0 aromatic heterocycles. The summed E-state index contributed by atoms with van der Waals surface area (Å²) < 4.78 is 42.8. The average molecular weight is 370 g/mol. The molecule has 2 heterocycles. The Morgan fingerprint density at radius 2 is 1.88 bits per heavy atom. The molecule has 1 amide bonds. The first-order valence-corrected chi connectivity index (χ1v) is 8.19. The minimum Gasteiger partial charge on any atom is -0.468 e.